The summed E-state index contributed by atoms with van der Waals surface area (Å²) in [6.07, 6.45) is 2.63. The van der Waals surface area contributed by atoms with E-state index in [9.17, 15) is 19.1 Å². The number of carbonyl (C=O) groups is 2. The van der Waals surface area contributed by atoms with Crippen LogP contribution >= 0.6 is 0 Å². The lowest BCUT2D eigenvalue weighted by molar-refractivity contribution is -0.141. The van der Waals surface area contributed by atoms with Crippen molar-refractivity contribution in [1.82, 2.24) is 9.47 Å². The Morgan fingerprint density at radius 2 is 2.06 bits per heavy atom. The van der Waals surface area contributed by atoms with Crippen molar-refractivity contribution in [1.29, 1.82) is 0 Å². The summed E-state index contributed by atoms with van der Waals surface area (Å²) in [6.45, 7) is 1.84. The highest BCUT2D eigenvalue weighted by Crippen LogP contribution is 2.37. The van der Waals surface area contributed by atoms with Gasteiger partial charge in [0, 0.05) is 29.7 Å². The number of hydrogen-bond acceptors (Lipinski definition) is 3. The van der Waals surface area contributed by atoms with Crippen LogP contribution < -0.4 is 4.74 Å². The van der Waals surface area contributed by atoms with E-state index in [4.69, 9.17) is 4.74 Å². The molecule has 1 heterocycles. The van der Waals surface area contributed by atoms with Crippen LogP contribution in [0.5, 0.6) is 5.75 Å². The zero-order chi connectivity index (χ0) is 23.7. The molecule has 1 N–H and O–H groups in total. The lowest BCUT2D eigenvalue weighted by Gasteiger charge is -2.32. The molecule has 1 amide bonds. The van der Waals surface area contributed by atoms with E-state index < -0.39 is 12.0 Å². The Hall–Kier alpha value is -3.35. The van der Waals surface area contributed by atoms with Crippen molar-refractivity contribution in [2.24, 2.45) is 0 Å². The molecule has 1 aromatic heterocycles. The monoisotopic (exact) mass is 452 g/mol. The van der Waals surface area contributed by atoms with Crippen molar-refractivity contribution in [3.8, 4) is 5.75 Å². The summed E-state index contributed by atoms with van der Waals surface area (Å²) in [6, 6.07) is 11.3. The topological polar surface area (TPSA) is 71.8 Å². The summed E-state index contributed by atoms with van der Waals surface area (Å²) < 4.78 is 21.3. The number of aliphatic carboxylic acids is 1. The largest absolute Gasteiger partial charge is 0.497 e. The maximum Gasteiger partial charge on any atom is 0.326 e. The summed E-state index contributed by atoms with van der Waals surface area (Å²) >= 11 is 0. The first kappa shape index (κ1) is 22.8. The second kappa shape index (κ2) is 9.25. The number of methoxy groups -OCH3 is 1. The molecule has 1 aliphatic carbocycles. The number of carboxylic acid groups (broad SMARTS) is 1. The van der Waals surface area contributed by atoms with Crippen LogP contribution in [0.4, 0.5) is 4.39 Å². The van der Waals surface area contributed by atoms with Gasteiger partial charge in [-0.15, -0.1) is 0 Å². The van der Waals surface area contributed by atoms with Crippen LogP contribution in [0, 0.1) is 5.82 Å². The number of aromatic nitrogens is 1. The first-order chi connectivity index (χ1) is 15.8. The fourth-order valence-corrected chi connectivity index (χ4v) is 4.99. The molecular formula is C26H29FN2O4. The molecule has 0 saturated carbocycles. The Kier molecular flexibility index (Phi) is 6.40. The average Bonchev–Trinajstić information content (AvgIpc) is 3.11. The smallest absolute Gasteiger partial charge is 0.326 e. The molecular weight excluding hydrogens is 423 g/mol. The fraction of sp³-hybridized carbons (Fsp3) is 0.385. The third-order valence-electron chi connectivity index (χ3n) is 6.75. The highest BCUT2D eigenvalue weighted by molar-refractivity contribution is 5.88. The summed E-state index contributed by atoms with van der Waals surface area (Å²) in [5.74, 6) is -0.530. The molecule has 33 heavy (non-hydrogen) atoms. The normalized spacial score (nSPS) is 16.3. The number of fused-ring (bicyclic) bond motifs is 3. The maximum absolute atomic E-state index is 14.1. The third kappa shape index (κ3) is 4.32. The van der Waals surface area contributed by atoms with Gasteiger partial charge < -0.3 is 19.3 Å². The molecule has 0 saturated heterocycles. The van der Waals surface area contributed by atoms with Crippen molar-refractivity contribution in [2.45, 2.75) is 51.1 Å². The number of halogens is 1. The Balaban J connectivity index is 1.63. The zero-order valence-electron chi connectivity index (χ0n) is 19.2. The SMILES string of the molecule is CCC(C(=O)O)n1c2c(c3cc(F)ccc31)CC(N(C)C(=O)Cc1cccc(OC)c1)CC2. The predicted molar refractivity (Wildman–Crippen MR) is 124 cm³/mol. The van der Waals surface area contributed by atoms with Crippen molar-refractivity contribution in [3.05, 3.63) is 65.1 Å². The molecule has 3 aromatic rings. The molecule has 0 spiro atoms. The second-order valence-corrected chi connectivity index (χ2v) is 8.65. The van der Waals surface area contributed by atoms with Gasteiger partial charge in [-0.2, -0.15) is 0 Å². The lowest BCUT2D eigenvalue weighted by Crippen LogP contribution is -2.41. The Labute approximate surface area is 192 Å². The van der Waals surface area contributed by atoms with E-state index >= 15 is 0 Å². The zero-order valence-corrected chi connectivity index (χ0v) is 19.2. The predicted octanol–water partition coefficient (Wildman–Crippen LogP) is 4.38. The third-order valence-corrected chi connectivity index (χ3v) is 6.75. The van der Waals surface area contributed by atoms with Crippen molar-refractivity contribution in [2.75, 3.05) is 14.2 Å². The first-order valence-electron chi connectivity index (χ1n) is 11.3. The lowest BCUT2D eigenvalue weighted by atomic mass is 9.90. The molecule has 4 rings (SSSR count). The Morgan fingerprint density at radius 1 is 1.27 bits per heavy atom. The molecule has 2 unspecified atom stereocenters. The molecule has 0 aliphatic heterocycles. The quantitative estimate of drug-likeness (QED) is 0.577. The molecule has 7 heteroatoms. The standard InChI is InChI=1S/C26H29FN2O4/c1-4-22(26(31)32)29-23-10-8-17(27)14-20(23)21-15-18(9-11-24(21)29)28(2)25(30)13-16-6-5-7-19(12-16)33-3/h5-8,10,12,14,18,22H,4,9,11,13,15H2,1-3H3,(H,31,32). The molecule has 2 atom stereocenters. The van der Waals surface area contributed by atoms with E-state index in [1.165, 1.54) is 12.1 Å². The fourth-order valence-electron chi connectivity index (χ4n) is 4.99. The van der Waals surface area contributed by atoms with E-state index in [1.54, 1.807) is 18.1 Å². The Morgan fingerprint density at radius 3 is 2.76 bits per heavy atom. The number of carbonyl (C=O) groups excluding carboxylic acids is 1. The molecule has 174 valence electrons. The molecule has 1 aliphatic rings. The minimum atomic E-state index is -0.894. The highest BCUT2D eigenvalue weighted by Gasteiger charge is 2.32. The summed E-state index contributed by atoms with van der Waals surface area (Å²) in [5, 5.41) is 10.5. The van der Waals surface area contributed by atoms with Crippen LogP contribution in [0.25, 0.3) is 10.9 Å². The maximum atomic E-state index is 14.1. The van der Waals surface area contributed by atoms with Gasteiger partial charge in [0.2, 0.25) is 5.91 Å². The summed E-state index contributed by atoms with van der Waals surface area (Å²) in [4.78, 5) is 26.8. The van der Waals surface area contributed by atoms with Gasteiger partial charge in [-0.25, -0.2) is 9.18 Å². The van der Waals surface area contributed by atoms with E-state index in [2.05, 4.69) is 0 Å². The number of likely N-dealkylation sites (N-methyl/N-ethyl adjacent to an activating group) is 1. The highest BCUT2D eigenvalue weighted by atomic mass is 19.1. The van der Waals surface area contributed by atoms with Gasteiger partial charge in [0.15, 0.2) is 0 Å². The average molecular weight is 453 g/mol. The summed E-state index contributed by atoms with van der Waals surface area (Å²) in [7, 11) is 3.41. The Bertz CT molecular complexity index is 1200. The van der Waals surface area contributed by atoms with Crippen LogP contribution in [-0.2, 0) is 28.9 Å². The van der Waals surface area contributed by atoms with E-state index in [-0.39, 0.29) is 24.2 Å². The molecule has 6 nitrogen and oxygen atoms in total. The van der Waals surface area contributed by atoms with Crippen LogP contribution in [0.3, 0.4) is 0 Å². The van der Waals surface area contributed by atoms with Gasteiger partial charge in [0.1, 0.15) is 17.6 Å². The number of amides is 1. The molecule has 0 fully saturated rings. The molecule has 0 radical (unpaired) electrons. The van der Waals surface area contributed by atoms with E-state index in [0.717, 1.165) is 34.1 Å². The minimum Gasteiger partial charge on any atom is -0.497 e. The van der Waals surface area contributed by atoms with Crippen LogP contribution in [-0.4, -0.2) is 46.6 Å². The van der Waals surface area contributed by atoms with E-state index in [0.29, 0.717) is 25.0 Å². The van der Waals surface area contributed by atoms with Crippen LogP contribution in [0.2, 0.25) is 0 Å². The van der Waals surface area contributed by atoms with Gasteiger partial charge >= 0.3 is 5.97 Å². The minimum absolute atomic E-state index is 0.00333. The number of carboxylic acids is 1. The number of rotatable bonds is 7. The summed E-state index contributed by atoms with van der Waals surface area (Å²) in [5.41, 5.74) is 3.51. The van der Waals surface area contributed by atoms with Gasteiger partial charge in [-0.3, -0.25) is 4.79 Å². The number of nitrogens with zero attached hydrogens (tertiary/aromatic N) is 2. The van der Waals surface area contributed by atoms with E-state index in [1.807, 2.05) is 42.8 Å². The van der Waals surface area contributed by atoms with Gasteiger partial charge in [0.05, 0.1) is 13.5 Å². The number of benzene rings is 2. The number of ether oxygens (including phenoxy) is 1. The van der Waals surface area contributed by atoms with Crippen molar-refractivity contribution >= 4 is 22.8 Å². The molecule has 0 bridgehead atoms. The number of hydrogen-bond donors (Lipinski definition) is 1. The van der Waals surface area contributed by atoms with Crippen LogP contribution in [0.1, 0.15) is 42.6 Å². The molecule has 2 aromatic carbocycles. The van der Waals surface area contributed by atoms with Crippen molar-refractivity contribution in [3.63, 3.8) is 0 Å². The van der Waals surface area contributed by atoms with Gasteiger partial charge in [0.25, 0.3) is 0 Å². The van der Waals surface area contributed by atoms with Gasteiger partial charge in [-0.1, -0.05) is 19.1 Å². The van der Waals surface area contributed by atoms with Crippen LogP contribution in [0.15, 0.2) is 42.5 Å². The van der Waals surface area contributed by atoms with Gasteiger partial charge in [-0.05, 0) is 67.1 Å². The van der Waals surface area contributed by atoms with Crippen molar-refractivity contribution < 1.29 is 23.8 Å². The second-order valence-electron chi connectivity index (χ2n) is 8.65. The first-order valence-corrected chi connectivity index (χ1v) is 11.3.